The van der Waals surface area contributed by atoms with Crippen molar-refractivity contribution in [1.29, 1.82) is 0 Å². The number of imidazole rings is 1. The molecule has 0 aliphatic carbocycles. The summed E-state index contributed by atoms with van der Waals surface area (Å²) >= 11 is 1.60. The van der Waals surface area contributed by atoms with Gasteiger partial charge in [-0.3, -0.25) is 9.20 Å². The van der Waals surface area contributed by atoms with Crippen LogP contribution in [0, 0.1) is 13.8 Å². The summed E-state index contributed by atoms with van der Waals surface area (Å²) in [7, 11) is 1.83. The number of para-hydroxylation sites is 1. The van der Waals surface area contributed by atoms with Gasteiger partial charge in [-0.1, -0.05) is 18.2 Å². The third kappa shape index (κ3) is 2.38. The molecule has 0 bridgehead atoms. The van der Waals surface area contributed by atoms with Crippen LogP contribution < -0.4 is 4.74 Å². The third-order valence-corrected chi connectivity index (χ3v) is 5.32. The average molecular weight is 341 g/mol. The molecule has 0 N–H and O–H groups in total. The molecule has 6 heteroatoms. The highest BCUT2D eigenvalue weighted by molar-refractivity contribution is 7.15. The number of benzene rings is 1. The molecule has 1 aliphatic rings. The van der Waals surface area contributed by atoms with Crippen molar-refractivity contribution in [2.45, 2.75) is 32.9 Å². The first kappa shape index (κ1) is 15.2. The van der Waals surface area contributed by atoms with Crippen molar-refractivity contribution in [3.63, 3.8) is 0 Å². The first-order valence-corrected chi connectivity index (χ1v) is 8.83. The molecule has 1 atom stereocenters. The molecular formula is C18H19N3O2S. The molecule has 0 saturated heterocycles. The molecule has 1 unspecified atom stereocenters. The first-order valence-electron chi connectivity index (χ1n) is 7.95. The zero-order valence-electron chi connectivity index (χ0n) is 13.9. The molecular weight excluding hydrogens is 322 g/mol. The van der Waals surface area contributed by atoms with E-state index in [1.165, 1.54) is 0 Å². The summed E-state index contributed by atoms with van der Waals surface area (Å²) in [6, 6.07) is 6.06. The van der Waals surface area contributed by atoms with E-state index in [-0.39, 0.29) is 5.91 Å². The van der Waals surface area contributed by atoms with Crippen molar-refractivity contribution < 1.29 is 9.53 Å². The van der Waals surface area contributed by atoms with E-state index in [4.69, 9.17) is 4.74 Å². The van der Waals surface area contributed by atoms with Gasteiger partial charge in [-0.15, -0.1) is 11.3 Å². The van der Waals surface area contributed by atoms with Gasteiger partial charge in [0.05, 0.1) is 17.9 Å². The average Bonchev–Trinajstić information content (AvgIpc) is 3.24. The topological polar surface area (TPSA) is 46.8 Å². The lowest BCUT2D eigenvalue weighted by atomic mass is 10.1. The smallest absolute Gasteiger partial charge is 0.264 e. The second-order valence-electron chi connectivity index (χ2n) is 6.27. The fraction of sp³-hybridized carbons (Fsp3) is 0.333. The van der Waals surface area contributed by atoms with E-state index in [0.29, 0.717) is 13.0 Å². The molecule has 124 valence electrons. The highest BCUT2D eigenvalue weighted by Crippen LogP contribution is 2.32. The van der Waals surface area contributed by atoms with Gasteiger partial charge in [-0.2, -0.15) is 0 Å². The van der Waals surface area contributed by atoms with Crippen LogP contribution in [0.1, 0.15) is 22.5 Å². The number of aryl methyl sites for hydroxylation is 2. The quantitative estimate of drug-likeness (QED) is 0.736. The molecule has 3 aromatic rings. The monoisotopic (exact) mass is 341 g/mol. The maximum Gasteiger partial charge on any atom is 0.264 e. The van der Waals surface area contributed by atoms with E-state index in [9.17, 15) is 4.79 Å². The fourth-order valence-electron chi connectivity index (χ4n) is 3.24. The standard InChI is InChI=1S/C18H19N3O2S/c1-11-5-4-6-13-9-15(23-16(11)13)17(22)20(3)10-14-12(2)19-18-21(14)7-8-24-18/h4-8,15H,9-10H2,1-3H3. The highest BCUT2D eigenvalue weighted by Gasteiger charge is 2.32. The minimum absolute atomic E-state index is 0.00943. The van der Waals surface area contributed by atoms with Crippen LogP contribution in [0.25, 0.3) is 4.96 Å². The maximum absolute atomic E-state index is 12.8. The second kappa shape index (κ2) is 5.63. The lowest BCUT2D eigenvalue weighted by Crippen LogP contribution is -2.38. The zero-order chi connectivity index (χ0) is 16.8. The van der Waals surface area contributed by atoms with E-state index in [1.54, 1.807) is 16.2 Å². The summed E-state index contributed by atoms with van der Waals surface area (Å²) in [5, 5.41) is 2.01. The van der Waals surface area contributed by atoms with Gasteiger partial charge in [-0.05, 0) is 25.0 Å². The van der Waals surface area contributed by atoms with Crippen molar-refractivity contribution in [3.8, 4) is 5.75 Å². The number of thiazole rings is 1. The minimum Gasteiger partial charge on any atom is -0.480 e. The summed E-state index contributed by atoms with van der Waals surface area (Å²) in [6.45, 7) is 4.52. The molecule has 2 aromatic heterocycles. The first-order chi connectivity index (χ1) is 11.5. The Morgan fingerprint density at radius 2 is 2.29 bits per heavy atom. The third-order valence-electron chi connectivity index (χ3n) is 4.56. The highest BCUT2D eigenvalue weighted by atomic mass is 32.1. The van der Waals surface area contributed by atoms with Gasteiger partial charge in [0.25, 0.3) is 5.91 Å². The Morgan fingerprint density at radius 3 is 3.08 bits per heavy atom. The Balaban J connectivity index is 1.52. The van der Waals surface area contributed by atoms with E-state index < -0.39 is 6.10 Å². The molecule has 4 rings (SSSR count). The zero-order valence-corrected chi connectivity index (χ0v) is 14.8. The molecule has 1 aliphatic heterocycles. The van der Waals surface area contributed by atoms with Gasteiger partial charge in [-0.25, -0.2) is 4.98 Å². The predicted octanol–water partition coefficient (Wildman–Crippen LogP) is 2.97. The van der Waals surface area contributed by atoms with E-state index in [0.717, 1.165) is 33.2 Å². The Morgan fingerprint density at radius 1 is 1.46 bits per heavy atom. The van der Waals surface area contributed by atoms with Crippen LogP contribution in [0.3, 0.4) is 0 Å². The minimum atomic E-state index is -0.433. The summed E-state index contributed by atoms with van der Waals surface area (Å²) in [6.07, 6.45) is 2.20. The van der Waals surface area contributed by atoms with Crippen molar-refractivity contribution in [3.05, 3.63) is 52.3 Å². The lowest BCUT2D eigenvalue weighted by Gasteiger charge is -2.21. The normalized spacial score (nSPS) is 16.2. The summed E-state index contributed by atoms with van der Waals surface area (Å²) in [5.74, 6) is 0.875. The SMILES string of the molecule is Cc1cccc2c1OC(C(=O)N(C)Cc1c(C)nc3sccn13)C2. The van der Waals surface area contributed by atoms with Crippen molar-refractivity contribution >= 4 is 22.2 Å². The Hall–Kier alpha value is -2.34. The molecule has 3 heterocycles. The van der Waals surface area contributed by atoms with Gasteiger partial charge in [0.1, 0.15) is 5.75 Å². The molecule has 0 radical (unpaired) electrons. The maximum atomic E-state index is 12.8. The van der Waals surface area contributed by atoms with Crippen LogP contribution in [0.15, 0.2) is 29.8 Å². The molecule has 1 amide bonds. The van der Waals surface area contributed by atoms with Gasteiger partial charge in [0.15, 0.2) is 11.1 Å². The number of rotatable bonds is 3. The second-order valence-corrected chi connectivity index (χ2v) is 7.14. The number of likely N-dealkylation sites (N-methyl/N-ethyl adjacent to an activating group) is 1. The van der Waals surface area contributed by atoms with Gasteiger partial charge >= 0.3 is 0 Å². The van der Waals surface area contributed by atoms with Crippen molar-refractivity contribution in [1.82, 2.24) is 14.3 Å². The van der Waals surface area contributed by atoms with Gasteiger partial charge in [0, 0.05) is 25.0 Å². The number of aromatic nitrogens is 2. The molecule has 24 heavy (non-hydrogen) atoms. The largest absolute Gasteiger partial charge is 0.480 e. The van der Waals surface area contributed by atoms with E-state index in [1.807, 2.05) is 50.7 Å². The van der Waals surface area contributed by atoms with Crippen molar-refractivity contribution in [2.75, 3.05) is 7.05 Å². The number of fused-ring (bicyclic) bond motifs is 2. The lowest BCUT2D eigenvalue weighted by molar-refractivity contribution is -0.137. The number of carbonyl (C=O) groups excluding carboxylic acids is 1. The number of ether oxygens (including phenoxy) is 1. The number of amides is 1. The summed E-state index contributed by atoms with van der Waals surface area (Å²) in [4.78, 5) is 20.0. The van der Waals surface area contributed by atoms with Crippen LogP contribution >= 0.6 is 11.3 Å². The Bertz CT molecular complexity index is 928. The van der Waals surface area contributed by atoms with Crippen LogP contribution in [0.4, 0.5) is 0 Å². The fourth-order valence-corrected chi connectivity index (χ4v) is 4.02. The number of carbonyl (C=O) groups is 1. The Labute approximate surface area is 144 Å². The summed E-state index contributed by atoms with van der Waals surface area (Å²) in [5.41, 5.74) is 4.21. The summed E-state index contributed by atoms with van der Waals surface area (Å²) < 4.78 is 7.98. The van der Waals surface area contributed by atoms with E-state index in [2.05, 4.69) is 9.38 Å². The van der Waals surface area contributed by atoms with Crippen LogP contribution in [-0.4, -0.2) is 33.3 Å². The van der Waals surface area contributed by atoms with Gasteiger partial charge in [0.2, 0.25) is 0 Å². The number of hydrogen-bond donors (Lipinski definition) is 0. The molecule has 0 fully saturated rings. The molecule has 0 spiro atoms. The van der Waals surface area contributed by atoms with Crippen LogP contribution in [-0.2, 0) is 17.8 Å². The Kier molecular flexibility index (Phi) is 3.57. The number of nitrogens with zero attached hydrogens (tertiary/aromatic N) is 3. The van der Waals surface area contributed by atoms with Crippen molar-refractivity contribution in [2.24, 2.45) is 0 Å². The van der Waals surface area contributed by atoms with E-state index >= 15 is 0 Å². The number of hydrogen-bond acceptors (Lipinski definition) is 4. The molecule has 1 aromatic carbocycles. The van der Waals surface area contributed by atoms with Gasteiger partial charge < -0.3 is 9.64 Å². The van der Waals surface area contributed by atoms with Crippen LogP contribution in [0.5, 0.6) is 5.75 Å². The predicted molar refractivity (Wildman–Crippen MR) is 93.6 cm³/mol. The molecule has 0 saturated carbocycles. The molecule has 5 nitrogen and oxygen atoms in total. The van der Waals surface area contributed by atoms with Crippen LogP contribution in [0.2, 0.25) is 0 Å².